The maximum atomic E-state index is 5.01. The fraction of sp³-hybridized carbons (Fsp3) is 0. The van der Waals surface area contributed by atoms with Gasteiger partial charge in [0.1, 0.15) is 5.82 Å². The molecule has 0 amide bonds. The third kappa shape index (κ3) is 4.44. The van der Waals surface area contributed by atoms with Crippen molar-refractivity contribution in [2.75, 3.05) is 4.90 Å². The Morgan fingerprint density at radius 3 is 1.45 bits per heavy atom. The van der Waals surface area contributed by atoms with Crippen molar-refractivity contribution in [2.24, 2.45) is 0 Å². The van der Waals surface area contributed by atoms with E-state index in [4.69, 9.17) is 4.98 Å². The minimum Gasteiger partial charge on any atom is -0.311 e. The Labute approximate surface area is 234 Å². The third-order valence-corrected chi connectivity index (χ3v) is 7.21. The van der Waals surface area contributed by atoms with Crippen LogP contribution in [0.3, 0.4) is 0 Å². The van der Waals surface area contributed by atoms with E-state index < -0.39 is 0 Å². The number of nitrogens with zero attached hydrogens (tertiary/aromatic N) is 3. The first-order chi connectivity index (χ1) is 19.8. The van der Waals surface area contributed by atoms with Crippen molar-refractivity contribution in [3.63, 3.8) is 0 Å². The molecule has 3 heteroatoms. The minimum absolute atomic E-state index is 0.940. The molecule has 0 aliphatic rings. The summed E-state index contributed by atoms with van der Waals surface area (Å²) in [6.07, 6.45) is 0. The van der Waals surface area contributed by atoms with E-state index in [0.29, 0.717) is 0 Å². The van der Waals surface area contributed by atoms with Crippen molar-refractivity contribution in [1.82, 2.24) is 9.55 Å². The van der Waals surface area contributed by atoms with Crippen molar-refractivity contribution in [2.45, 2.75) is 0 Å². The Hall–Kier alpha value is -5.41. The van der Waals surface area contributed by atoms with Crippen molar-refractivity contribution < 1.29 is 0 Å². The van der Waals surface area contributed by atoms with Crippen LogP contribution in [-0.2, 0) is 0 Å². The van der Waals surface area contributed by atoms with Crippen LogP contribution in [0, 0.1) is 0 Å². The van der Waals surface area contributed by atoms with Crippen LogP contribution in [0.4, 0.5) is 17.1 Å². The number of imidazole rings is 1. The smallest absolute Gasteiger partial charge is 0.145 e. The number of aromatic nitrogens is 2. The van der Waals surface area contributed by atoms with Gasteiger partial charge >= 0.3 is 0 Å². The van der Waals surface area contributed by atoms with E-state index in [1.54, 1.807) is 0 Å². The monoisotopic (exact) mass is 513 g/mol. The van der Waals surface area contributed by atoms with Gasteiger partial charge in [0.25, 0.3) is 0 Å². The van der Waals surface area contributed by atoms with Gasteiger partial charge in [0.05, 0.1) is 11.0 Å². The van der Waals surface area contributed by atoms with Crippen LogP contribution in [-0.4, -0.2) is 9.55 Å². The third-order valence-electron chi connectivity index (χ3n) is 7.21. The highest BCUT2D eigenvalue weighted by atomic mass is 15.1. The van der Waals surface area contributed by atoms with Gasteiger partial charge in [0.2, 0.25) is 0 Å². The Morgan fingerprint density at radius 2 is 0.850 bits per heavy atom. The van der Waals surface area contributed by atoms with E-state index in [1.165, 1.54) is 11.1 Å². The second kappa shape index (κ2) is 10.4. The van der Waals surface area contributed by atoms with Gasteiger partial charge < -0.3 is 4.90 Å². The molecule has 0 fully saturated rings. The largest absolute Gasteiger partial charge is 0.311 e. The summed E-state index contributed by atoms with van der Waals surface area (Å²) in [7, 11) is 0. The molecule has 0 aliphatic carbocycles. The molecule has 3 nitrogen and oxygen atoms in total. The average Bonchev–Trinajstić information content (AvgIpc) is 3.43. The summed E-state index contributed by atoms with van der Waals surface area (Å²) in [5.74, 6) is 0.940. The second-order valence-electron chi connectivity index (χ2n) is 9.73. The summed E-state index contributed by atoms with van der Waals surface area (Å²) in [4.78, 5) is 7.29. The number of rotatable bonds is 6. The van der Waals surface area contributed by atoms with Gasteiger partial charge in [0.15, 0.2) is 0 Å². The zero-order valence-electron chi connectivity index (χ0n) is 21.9. The van der Waals surface area contributed by atoms with Crippen LogP contribution in [0.1, 0.15) is 0 Å². The Morgan fingerprint density at radius 1 is 0.400 bits per heavy atom. The molecule has 0 atom stereocenters. The quantitative estimate of drug-likeness (QED) is 0.221. The molecule has 0 unspecified atom stereocenters. The predicted octanol–water partition coefficient (Wildman–Crippen LogP) is 9.83. The fourth-order valence-corrected chi connectivity index (χ4v) is 5.27. The van der Waals surface area contributed by atoms with Crippen molar-refractivity contribution in [3.05, 3.63) is 164 Å². The minimum atomic E-state index is 0.940. The van der Waals surface area contributed by atoms with E-state index in [-0.39, 0.29) is 0 Å². The zero-order valence-corrected chi connectivity index (χ0v) is 21.9. The van der Waals surface area contributed by atoms with Gasteiger partial charge in [-0.25, -0.2) is 4.98 Å². The highest BCUT2D eigenvalue weighted by Gasteiger charge is 2.15. The summed E-state index contributed by atoms with van der Waals surface area (Å²) in [5.41, 5.74) is 10.0. The molecule has 1 heterocycles. The number of anilines is 3. The lowest BCUT2D eigenvalue weighted by atomic mass is 10.0. The van der Waals surface area contributed by atoms with Crippen LogP contribution < -0.4 is 4.90 Å². The van der Waals surface area contributed by atoms with Gasteiger partial charge in [-0.1, -0.05) is 103 Å². The molecule has 190 valence electrons. The van der Waals surface area contributed by atoms with Gasteiger partial charge in [-0.3, -0.25) is 4.57 Å². The SMILES string of the molecule is c1ccc(N(c2ccccc2)c2ccc(-c3ccc(-c4nc5ccccc5n4-c4ccccc4)cc3)cc2)cc1. The maximum absolute atomic E-state index is 5.01. The van der Waals surface area contributed by atoms with Crippen LogP contribution >= 0.6 is 0 Å². The molecule has 0 radical (unpaired) electrons. The van der Waals surface area contributed by atoms with Crippen LogP contribution in [0.25, 0.3) is 39.2 Å². The lowest BCUT2D eigenvalue weighted by Crippen LogP contribution is -2.09. The molecule has 7 rings (SSSR count). The van der Waals surface area contributed by atoms with E-state index in [9.17, 15) is 0 Å². The molecule has 1 aromatic heterocycles. The molecular weight excluding hydrogens is 486 g/mol. The number of hydrogen-bond acceptors (Lipinski definition) is 2. The van der Waals surface area contributed by atoms with E-state index >= 15 is 0 Å². The maximum Gasteiger partial charge on any atom is 0.145 e. The zero-order chi connectivity index (χ0) is 26.7. The highest BCUT2D eigenvalue weighted by Crippen LogP contribution is 2.36. The van der Waals surface area contributed by atoms with Gasteiger partial charge in [-0.05, 0) is 71.8 Å². The lowest BCUT2D eigenvalue weighted by Gasteiger charge is -2.25. The number of para-hydroxylation sites is 5. The summed E-state index contributed by atoms with van der Waals surface area (Å²) in [5, 5.41) is 0. The lowest BCUT2D eigenvalue weighted by molar-refractivity contribution is 1.10. The first kappa shape index (κ1) is 23.7. The molecular formula is C37H27N3. The predicted molar refractivity (Wildman–Crippen MR) is 167 cm³/mol. The number of benzene rings is 6. The Kier molecular flexibility index (Phi) is 6.15. The standard InChI is InChI=1S/C37H27N3/c1-4-12-31(13-5-1)39(32-14-6-2-7-15-32)34-26-24-29(25-27-34)28-20-22-30(23-21-28)37-38-35-18-10-11-19-36(35)40(37)33-16-8-3-9-17-33/h1-27H. The summed E-state index contributed by atoms with van der Waals surface area (Å²) < 4.78 is 2.24. The Balaban J connectivity index is 1.23. The number of fused-ring (bicyclic) bond motifs is 1. The second-order valence-corrected chi connectivity index (χ2v) is 9.73. The van der Waals surface area contributed by atoms with Gasteiger partial charge in [-0.15, -0.1) is 0 Å². The van der Waals surface area contributed by atoms with Crippen molar-refractivity contribution in [3.8, 4) is 28.2 Å². The first-order valence-corrected chi connectivity index (χ1v) is 13.5. The fourth-order valence-electron chi connectivity index (χ4n) is 5.27. The van der Waals surface area contributed by atoms with E-state index in [2.05, 4.69) is 149 Å². The first-order valence-electron chi connectivity index (χ1n) is 13.5. The molecule has 0 saturated carbocycles. The van der Waals surface area contributed by atoms with Crippen LogP contribution in [0.5, 0.6) is 0 Å². The topological polar surface area (TPSA) is 21.1 Å². The molecule has 0 bridgehead atoms. The normalized spacial score (nSPS) is 11.0. The van der Waals surface area contributed by atoms with Crippen molar-refractivity contribution in [1.29, 1.82) is 0 Å². The molecule has 40 heavy (non-hydrogen) atoms. The van der Waals surface area contributed by atoms with E-state index in [1.807, 2.05) is 24.3 Å². The molecule has 0 spiro atoms. The summed E-state index contributed by atoms with van der Waals surface area (Å²) >= 11 is 0. The molecule has 7 aromatic rings. The Bertz CT molecular complexity index is 1820. The molecule has 6 aromatic carbocycles. The molecule has 0 aliphatic heterocycles. The summed E-state index contributed by atoms with van der Waals surface area (Å²) in [6.45, 7) is 0. The van der Waals surface area contributed by atoms with Crippen LogP contribution in [0.15, 0.2) is 164 Å². The summed E-state index contributed by atoms with van der Waals surface area (Å²) in [6, 6.07) is 57.2. The van der Waals surface area contributed by atoms with Gasteiger partial charge in [-0.2, -0.15) is 0 Å². The molecule has 0 N–H and O–H groups in total. The molecule has 0 saturated heterocycles. The number of hydrogen-bond donors (Lipinski definition) is 0. The van der Waals surface area contributed by atoms with Gasteiger partial charge in [0, 0.05) is 28.3 Å². The van der Waals surface area contributed by atoms with Crippen LogP contribution in [0.2, 0.25) is 0 Å². The van der Waals surface area contributed by atoms with Crippen molar-refractivity contribution >= 4 is 28.1 Å². The average molecular weight is 514 g/mol. The highest BCUT2D eigenvalue weighted by molar-refractivity contribution is 5.84. The van der Waals surface area contributed by atoms with E-state index in [0.717, 1.165) is 45.2 Å².